The number of alkyl halides is 3. The van der Waals surface area contributed by atoms with Crippen LogP contribution in [0, 0.1) is 0 Å². The summed E-state index contributed by atoms with van der Waals surface area (Å²) in [7, 11) is -5.53. The van der Waals surface area contributed by atoms with Gasteiger partial charge in [0.15, 0.2) is 0 Å². The lowest BCUT2D eigenvalue weighted by atomic mass is 10.1. The van der Waals surface area contributed by atoms with E-state index in [1.165, 1.54) is 17.0 Å². The molecule has 0 atom stereocenters. The highest BCUT2D eigenvalue weighted by Crippen LogP contribution is 2.31. The number of rotatable bonds is 4. The van der Waals surface area contributed by atoms with Crippen molar-refractivity contribution < 1.29 is 26.7 Å². The van der Waals surface area contributed by atoms with Gasteiger partial charge in [0.05, 0.1) is 33.9 Å². The van der Waals surface area contributed by atoms with E-state index in [0.29, 0.717) is 21.5 Å². The van der Waals surface area contributed by atoms with Crippen molar-refractivity contribution in [1.29, 1.82) is 0 Å². The van der Waals surface area contributed by atoms with Crippen LogP contribution in [-0.4, -0.2) is 33.2 Å². The van der Waals surface area contributed by atoms with Crippen molar-refractivity contribution in [3.05, 3.63) is 82.0 Å². The Kier molecular flexibility index (Phi) is 5.25. The molecule has 2 aromatic heterocycles. The molecule has 2 heterocycles. The number of hydrogen-bond acceptors (Lipinski definition) is 5. The quantitative estimate of drug-likeness (QED) is 0.475. The zero-order valence-electron chi connectivity index (χ0n) is 15.9. The van der Waals surface area contributed by atoms with E-state index >= 15 is 0 Å². The third-order valence-corrected chi connectivity index (χ3v) is 6.61. The first-order valence-electron chi connectivity index (χ1n) is 8.96. The van der Waals surface area contributed by atoms with Gasteiger partial charge in [0, 0.05) is 11.6 Å². The van der Waals surface area contributed by atoms with Gasteiger partial charge in [-0.2, -0.15) is 13.2 Å². The lowest BCUT2D eigenvalue weighted by Crippen LogP contribution is -2.24. The summed E-state index contributed by atoms with van der Waals surface area (Å²) in [6.45, 7) is 0.0549. The fraction of sp³-hybridized carbons (Fsp3) is 0.100. The molecular formula is C20H13ClF3N3O4S. The van der Waals surface area contributed by atoms with Gasteiger partial charge in [0.2, 0.25) is 5.88 Å². The molecule has 32 heavy (non-hydrogen) atoms. The van der Waals surface area contributed by atoms with Crippen molar-refractivity contribution in [3.8, 4) is 11.6 Å². The van der Waals surface area contributed by atoms with Gasteiger partial charge in [0.1, 0.15) is 0 Å². The maximum Gasteiger partial charge on any atom is 0.501 e. The van der Waals surface area contributed by atoms with E-state index in [2.05, 4.69) is 4.98 Å². The first kappa shape index (κ1) is 21.9. The zero-order chi connectivity index (χ0) is 23.3. The fourth-order valence-corrected chi connectivity index (χ4v) is 4.25. The number of pyridine rings is 1. The van der Waals surface area contributed by atoms with Gasteiger partial charge in [-0.05, 0) is 42.0 Å². The highest BCUT2D eigenvalue weighted by atomic mass is 35.5. The molecule has 4 rings (SSSR count). The van der Waals surface area contributed by atoms with Gasteiger partial charge in [-0.25, -0.2) is 17.8 Å². The molecule has 166 valence electrons. The summed E-state index contributed by atoms with van der Waals surface area (Å²) in [6.07, 6.45) is 2.70. The topological polar surface area (TPSA) is 94.2 Å². The minimum Gasteiger partial charge on any atom is -0.493 e. The van der Waals surface area contributed by atoms with Crippen LogP contribution in [0.2, 0.25) is 5.02 Å². The van der Waals surface area contributed by atoms with E-state index in [9.17, 15) is 31.5 Å². The Balaban J connectivity index is 1.72. The molecule has 2 aromatic carbocycles. The second-order valence-electron chi connectivity index (χ2n) is 6.78. The van der Waals surface area contributed by atoms with Crippen LogP contribution < -0.4 is 5.69 Å². The molecule has 1 N–H and O–H groups in total. The fourth-order valence-electron chi connectivity index (χ4n) is 3.26. The van der Waals surface area contributed by atoms with E-state index < -0.39 is 31.8 Å². The molecule has 7 nitrogen and oxygen atoms in total. The van der Waals surface area contributed by atoms with Gasteiger partial charge >= 0.3 is 11.2 Å². The van der Waals surface area contributed by atoms with Gasteiger partial charge in [-0.15, -0.1) is 0 Å². The van der Waals surface area contributed by atoms with E-state index in [0.717, 1.165) is 28.8 Å². The lowest BCUT2D eigenvalue weighted by Gasteiger charge is -2.09. The predicted molar refractivity (Wildman–Crippen MR) is 111 cm³/mol. The summed E-state index contributed by atoms with van der Waals surface area (Å²) in [6, 6.07) is 10.3. The van der Waals surface area contributed by atoms with Crippen molar-refractivity contribution in [3.63, 3.8) is 0 Å². The molecule has 0 fully saturated rings. The Morgan fingerprint density at radius 2 is 1.75 bits per heavy atom. The largest absolute Gasteiger partial charge is 0.501 e. The second kappa shape index (κ2) is 7.68. The van der Waals surface area contributed by atoms with E-state index in [-0.39, 0.29) is 12.2 Å². The summed E-state index contributed by atoms with van der Waals surface area (Å²) in [5.41, 5.74) is -4.89. The number of halogens is 4. The van der Waals surface area contributed by atoms with Crippen LogP contribution in [0.4, 0.5) is 13.2 Å². The van der Waals surface area contributed by atoms with Crippen molar-refractivity contribution in [2.24, 2.45) is 0 Å². The molecule has 0 unspecified atom stereocenters. The summed E-state index contributed by atoms with van der Waals surface area (Å²) >= 11 is 6.16. The van der Waals surface area contributed by atoms with Crippen LogP contribution in [0.3, 0.4) is 0 Å². The Hall–Kier alpha value is -3.31. The van der Waals surface area contributed by atoms with Crippen LogP contribution in [0.25, 0.3) is 16.6 Å². The van der Waals surface area contributed by atoms with E-state index in [1.807, 2.05) is 0 Å². The summed E-state index contributed by atoms with van der Waals surface area (Å²) in [5, 5.41) is 11.4. The first-order chi connectivity index (χ1) is 15.0. The monoisotopic (exact) mass is 483 g/mol. The van der Waals surface area contributed by atoms with E-state index in [4.69, 9.17) is 11.6 Å². The third-order valence-electron chi connectivity index (χ3n) is 4.80. The number of benzene rings is 2. The summed E-state index contributed by atoms with van der Waals surface area (Å²) in [4.78, 5) is 16.1. The van der Waals surface area contributed by atoms with Gasteiger partial charge < -0.3 is 5.11 Å². The van der Waals surface area contributed by atoms with Crippen LogP contribution >= 0.6 is 11.6 Å². The molecule has 12 heteroatoms. The number of imidazole rings is 1. The number of sulfone groups is 1. The number of aromatic hydroxyl groups is 1. The van der Waals surface area contributed by atoms with Crippen LogP contribution in [-0.2, 0) is 16.4 Å². The molecular weight excluding hydrogens is 471 g/mol. The molecule has 0 saturated heterocycles. The van der Waals surface area contributed by atoms with Crippen molar-refractivity contribution in [2.75, 3.05) is 0 Å². The normalized spacial score (nSPS) is 12.4. The Morgan fingerprint density at radius 3 is 2.41 bits per heavy atom. The number of fused-ring (bicyclic) bond motifs is 1. The van der Waals surface area contributed by atoms with Gasteiger partial charge in [-0.3, -0.25) is 9.55 Å². The molecule has 0 radical (unpaired) electrons. The molecule has 0 spiro atoms. The number of aromatic nitrogens is 3. The molecule has 0 saturated carbocycles. The summed E-state index contributed by atoms with van der Waals surface area (Å²) in [5.74, 6) is -0.474. The van der Waals surface area contributed by atoms with Gasteiger partial charge in [0.25, 0.3) is 9.84 Å². The molecule has 0 aliphatic carbocycles. The predicted octanol–water partition coefficient (Wildman–Crippen LogP) is 3.89. The zero-order valence-corrected chi connectivity index (χ0v) is 17.5. The SMILES string of the molecule is O=c1n(Cc2ccnc3c(Cl)cccc23)cc(O)n1-c1ccc(S(=O)(=O)C(F)(F)F)cc1. The average molecular weight is 484 g/mol. The maximum atomic E-state index is 12.9. The second-order valence-corrected chi connectivity index (χ2v) is 9.13. The maximum absolute atomic E-state index is 12.9. The van der Waals surface area contributed by atoms with Gasteiger partial charge in [-0.1, -0.05) is 23.7 Å². The van der Waals surface area contributed by atoms with Crippen LogP contribution in [0.5, 0.6) is 5.88 Å². The standard InChI is InChI=1S/C20H13ClF3N3O4S/c21-16-3-1-2-15-12(8-9-25-18(15)16)10-26-11-17(28)27(19(26)29)13-4-6-14(7-5-13)32(30,31)20(22,23)24/h1-9,11,28H,10H2. The Labute approximate surface area is 183 Å². The summed E-state index contributed by atoms with van der Waals surface area (Å²) < 4.78 is 63.2. The highest BCUT2D eigenvalue weighted by Gasteiger charge is 2.46. The minimum absolute atomic E-state index is 0.00462. The molecule has 0 amide bonds. The number of nitrogens with zero attached hydrogens (tertiary/aromatic N) is 3. The smallest absolute Gasteiger partial charge is 0.493 e. The van der Waals surface area contributed by atoms with Crippen molar-refractivity contribution in [2.45, 2.75) is 16.9 Å². The number of hydrogen-bond donors (Lipinski definition) is 1. The highest BCUT2D eigenvalue weighted by molar-refractivity contribution is 7.92. The Bertz CT molecular complexity index is 1490. The van der Waals surface area contributed by atoms with Crippen LogP contribution in [0.15, 0.2) is 70.6 Å². The molecule has 0 bridgehead atoms. The molecule has 0 aliphatic rings. The Morgan fingerprint density at radius 1 is 1.06 bits per heavy atom. The third kappa shape index (κ3) is 3.63. The first-order valence-corrected chi connectivity index (χ1v) is 10.8. The van der Waals surface area contributed by atoms with Crippen LogP contribution in [0.1, 0.15) is 5.56 Å². The van der Waals surface area contributed by atoms with Crippen molar-refractivity contribution in [1.82, 2.24) is 14.1 Å². The number of para-hydroxylation sites is 1. The van der Waals surface area contributed by atoms with E-state index in [1.54, 1.807) is 24.3 Å². The molecule has 4 aromatic rings. The average Bonchev–Trinajstić information content (AvgIpc) is 3.01. The lowest BCUT2D eigenvalue weighted by molar-refractivity contribution is -0.0436. The molecule has 0 aliphatic heterocycles. The minimum atomic E-state index is -5.53. The van der Waals surface area contributed by atoms with Crippen molar-refractivity contribution >= 4 is 32.3 Å².